The molecule has 0 aliphatic carbocycles. The van der Waals surface area contributed by atoms with Crippen molar-refractivity contribution >= 4 is 11.8 Å². The fraction of sp³-hybridized carbons (Fsp3) is 0.200. The number of Topliss-reactive ketones (excluding diaryl/α,β-unsaturated/α-hetero) is 1. The van der Waals surface area contributed by atoms with Gasteiger partial charge in [0, 0.05) is 6.92 Å². The second-order valence-electron chi connectivity index (χ2n) is 4.81. The van der Waals surface area contributed by atoms with Gasteiger partial charge in [0.1, 0.15) is 11.3 Å². The van der Waals surface area contributed by atoms with Crippen LogP contribution < -0.4 is 5.56 Å². The quantitative estimate of drug-likeness (QED) is 0.868. The van der Waals surface area contributed by atoms with Crippen LogP contribution in [0.15, 0.2) is 29.1 Å². The fourth-order valence-corrected chi connectivity index (χ4v) is 2.03. The van der Waals surface area contributed by atoms with Gasteiger partial charge in [0.15, 0.2) is 5.78 Å². The van der Waals surface area contributed by atoms with E-state index in [9.17, 15) is 14.4 Å². The van der Waals surface area contributed by atoms with E-state index in [2.05, 4.69) is 5.10 Å². The molecule has 6 heteroatoms. The minimum atomic E-state index is -1.39. The highest BCUT2D eigenvalue weighted by atomic mass is 16.4. The summed E-state index contributed by atoms with van der Waals surface area (Å²) in [5, 5.41) is 13.1. The summed E-state index contributed by atoms with van der Waals surface area (Å²) in [6, 6.07) is 6.32. The smallest absolute Gasteiger partial charge is 0.341 e. The SMILES string of the molecule is CC(=O)c1cc(C(=O)O)c(=O)n(-c2ccc(C)cc2C)n1. The molecule has 2 aromatic rings. The molecule has 108 valence electrons. The highest BCUT2D eigenvalue weighted by Gasteiger charge is 2.18. The Labute approximate surface area is 120 Å². The molecule has 0 aliphatic heterocycles. The fourth-order valence-electron chi connectivity index (χ4n) is 2.03. The zero-order chi connectivity index (χ0) is 15.7. The molecule has 0 spiro atoms. The summed E-state index contributed by atoms with van der Waals surface area (Å²) in [4.78, 5) is 34.9. The average molecular weight is 286 g/mol. The van der Waals surface area contributed by atoms with Crippen molar-refractivity contribution in [3.63, 3.8) is 0 Å². The number of benzene rings is 1. The summed E-state index contributed by atoms with van der Waals surface area (Å²) in [5.74, 6) is -1.79. The molecule has 0 fully saturated rings. The standard InChI is InChI=1S/C15H14N2O4/c1-8-4-5-13(9(2)6-8)17-14(19)11(15(20)21)7-12(16-17)10(3)18/h4-7H,1-3H3,(H,20,21). The van der Waals surface area contributed by atoms with E-state index in [-0.39, 0.29) is 5.69 Å². The normalized spacial score (nSPS) is 10.4. The molecule has 1 heterocycles. The first-order valence-corrected chi connectivity index (χ1v) is 6.27. The van der Waals surface area contributed by atoms with Crippen LogP contribution in [0.3, 0.4) is 0 Å². The van der Waals surface area contributed by atoms with Gasteiger partial charge in [-0.3, -0.25) is 9.59 Å². The highest BCUT2D eigenvalue weighted by Crippen LogP contribution is 2.14. The molecule has 1 aromatic carbocycles. The van der Waals surface area contributed by atoms with Gasteiger partial charge in [0.2, 0.25) is 0 Å². The van der Waals surface area contributed by atoms with Crippen LogP contribution in [-0.4, -0.2) is 26.6 Å². The van der Waals surface area contributed by atoms with Crippen LogP contribution in [0.2, 0.25) is 0 Å². The van der Waals surface area contributed by atoms with E-state index in [0.717, 1.165) is 21.9 Å². The van der Waals surface area contributed by atoms with E-state index in [1.165, 1.54) is 6.92 Å². The molecule has 0 radical (unpaired) electrons. The van der Waals surface area contributed by atoms with Crippen molar-refractivity contribution in [3.05, 3.63) is 57.0 Å². The Morgan fingerprint density at radius 1 is 1.19 bits per heavy atom. The molecule has 6 nitrogen and oxygen atoms in total. The third-order valence-electron chi connectivity index (χ3n) is 3.08. The van der Waals surface area contributed by atoms with Crippen molar-refractivity contribution in [2.45, 2.75) is 20.8 Å². The number of carboxylic acids is 1. The monoisotopic (exact) mass is 286 g/mol. The van der Waals surface area contributed by atoms with Crippen molar-refractivity contribution in [2.75, 3.05) is 0 Å². The lowest BCUT2D eigenvalue weighted by atomic mass is 10.1. The van der Waals surface area contributed by atoms with E-state index in [0.29, 0.717) is 5.69 Å². The van der Waals surface area contributed by atoms with E-state index in [1.54, 1.807) is 19.1 Å². The van der Waals surface area contributed by atoms with Crippen molar-refractivity contribution in [1.82, 2.24) is 9.78 Å². The molecule has 0 saturated carbocycles. The first-order valence-electron chi connectivity index (χ1n) is 6.27. The minimum absolute atomic E-state index is 0.0630. The van der Waals surface area contributed by atoms with Gasteiger partial charge in [0.25, 0.3) is 5.56 Å². The van der Waals surface area contributed by atoms with Gasteiger partial charge in [-0.05, 0) is 31.5 Å². The average Bonchev–Trinajstić information content (AvgIpc) is 2.39. The zero-order valence-corrected chi connectivity index (χ0v) is 11.9. The maximum absolute atomic E-state index is 12.2. The number of aromatic carboxylic acids is 1. The Morgan fingerprint density at radius 2 is 1.86 bits per heavy atom. The first kappa shape index (κ1) is 14.6. The molecule has 0 saturated heterocycles. The Kier molecular flexibility index (Phi) is 3.71. The van der Waals surface area contributed by atoms with Gasteiger partial charge < -0.3 is 5.11 Å². The van der Waals surface area contributed by atoms with Gasteiger partial charge >= 0.3 is 5.97 Å². The van der Waals surface area contributed by atoms with Gasteiger partial charge in [-0.2, -0.15) is 9.78 Å². The lowest BCUT2D eigenvalue weighted by Gasteiger charge is -2.10. The summed E-state index contributed by atoms with van der Waals surface area (Å²) < 4.78 is 0.967. The van der Waals surface area contributed by atoms with E-state index >= 15 is 0 Å². The number of nitrogens with zero attached hydrogens (tertiary/aromatic N) is 2. The second kappa shape index (κ2) is 5.32. The molecule has 2 rings (SSSR count). The Balaban J connectivity index is 2.81. The van der Waals surface area contributed by atoms with Crippen LogP contribution >= 0.6 is 0 Å². The number of aryl methyl sites for hydroxylation is 2. The second-order valence-corrected chi connectivity index (χ2v) is 4.81. The van der Waals surface area contributed by atoms with Crippen LogP contribution in [-0.2, 0) is 0 Å². The lowest BCUT2D eigenvalue weighted by molar-refractivity contribution is 0.0694. The van der Waals surface area contributed by atoms with Crippen molar-refractivity contribution in [2.24, 2.45) is 0 Å². The number of hydrogen-bond acceptors (Lipinski definition) is 4. The lowest BCUT2D eigenvalue weighted by Crippen LogP contribution is -2.29. The number of carboxylic acid groups (broad SMARTS) is 1. The van der Waals surface area contributed by atoms with E-state index in [1.807, 2.05) is 13.0 Å². The van der Waals surface area contributed by atoms with Gasteiger partial charge in [0.05, 0.1) is 5.69 Å². The number of carbonyl (C=O) groups is 2. The Bertz CT molecular complexity index is 806. The van der Waals surface area contributed by atoms with Gasteiger partial charge in [-0.15, -0.1) is 0 Å². The number of carbonyl (C=O) groups excluding carboxylic acids is 1. The van der Waals surface area contributed by atoms with Gasteiger partial charge in [-0.1, -0.05) is 17.7 Å². The molecule has 0 aliphatic rings. The molecule has 0 amide bonds. The van der Waals surface area contributed by atoms with Crippen molar-refractivity contribution < 1.29 is 14.7 Å². The number of aromatic nitrogens is 2. The van der Waals surface area contributed by atoms with Crippen LogP contribution in [0.1, 0.15) is 38.9 Å². The number of hydrogen-bond donors (Lipinski definition) is 1. The third kappa shape index (κ3) is 2.74. The van der Waals surface area contributed by atoms with Gasteiger partial charge in [-0.25, -0.2) is 4.79 Å². The molecule has 0 bridgehead atoms. The van der Waals surface area contributed by atoms with Crippen molar-refractivity contribution in [3.8, 4) is 5.69 Å². The van der Waals surface area contributed by atoms with Crippen LogP contribution in [0.5, 0.6) is 0 Å². The summed E-state index contributed by atoms with van der Waals surface area (Å²) in [5.41, 5.74) is 0.921. The highest BCUT2D eigenvalue weighted by molar-refractivity contribution is 5.95. The van der Waals surface area contributed by atoms with Crippen molar-refractivity contribution in [1.29, 1.82) is 0 Å². The summed E-state index contributed by atoms with van der Waals surface area (Å²) in [7, 11) is 0. The Hall–Kier alpha value is -2.76. The van der Waals surface area contributed by atoms with Crippen LogP contribution in [0.4, 0.5) is 0 Å². The maximum atomic E-state index is 12.2. The zero-order valence-electron chi connectivity index (χ0n) is 11.9. The molecule has 0 unspecified atom stereocenters. The summed E-state index contributed by atoms with van der Waals surface area (Å²) in [6.07, 6.45) is 0. The molecule has 1 aromatic heterocycles. The summed E-state index contributed by atoms with van der Waals surface area (Å²) in [6.45, 7) is 4.96. The maximum Gasteiger partial charge on any atom is 0.341 e. The first-order chi connectivity index (χ1) is 9.81. The largest absolute Gasteiger partial charge is 0.477 e. The molecule has 1 N–H and O–H groups in total. The summed E-state index contributed by atoms with van der Waals surface area (Å²) >= 11 is 0. The minimum Gasteiger partial charge on any atom is -0.477 e. The topological polar surface area (TPSA) is 89.3 Å². The number of rotatable bonds is 3. The molecular weight excluding hydrogens is 272 g/mol. The van der Waals surface area contributed by atoms with Crippen LogP contribution in [0.25, 0.3) is 5.69 Å². The Morgan fingerprint density at radius 3 is 2.38 bits per heavy atom. The molecule has 21 heavy (non-hydrogen) atoms. The third-order valence-corrected chi connectivity index (χ3v) is 3.08. The predicted molar refractivity (Wildman–Crippen MR) is 76.3 cm³/mol. The van der Waals surface area contributed by atoms with E-state index < -0.39 is 22.9 Å². The van der Waals surface area contributed by atoms with E-state index in [4.69, 9.17) is 5.11 Å². The predicted octanol–water partition coefficient (Wildman–Crippen LogP) is 1.75. The molecule has 0 atom stereocenters. The van der Waals surface area contributed by atoms with Crippen LogP contribution in [0, 0.1) is 13.8 Å². The number of ketones is 1. The molecular formula is C15H14N2O4.